The van der Waals surface area contributed by atoms with Crippen LogP contribution in [0.1, 0.15) is 272 Å². The maximum absolute atomic E-state index is 12.6. The Morgan fingerprint density at radius 2 is 0.600 bits per heavy atom. The van der Waals surface area contributed by atoms with Crippen LogP contribution in [0.25, 0.3) is 0 Å². The smallest absolute Gasteiger partial charge is 0.306 e. The first kappa shape index (κ1) is 53.4. The van der Waals surface area contributed by atoms with Gasteiger partial charge in [-0.15, -0.1) is 0 Å². The summed E-state index contributed by atoms with van der Waals surface area (Å²) in [6.07, 6.45) is 44.1. The predicted octanol–water partition coefficient (Wildman–Crippen LogP) is 15.5. The molecule has 0 heterocycles. The summed E-state index contributed by atoms with van der Waals surface area (Å²) in [5, 5.41) is 0. The van der Waals surface area contributed by atoms with Crippen molar-refractivity contribution in [3.63, 3.8) is 0 Å². The Kier molecular flexibility index (Phi) is 42.3. The highest BCUT2D eigenvalue weighted by atomic mass is 16.6. The summed E-state index contributed by atoms with van der Waals surface area (Å²) in [6, 6.07) is 0. The third kappa shape index (κ3) is 43.4. The molecule has 0 rings (SSSR count). The molecule has 0 bridgehead atoms. The van der Waals surface area contributed by atoms with Crippen LogP contribution in [0.5, 0.6) is 0 Å². The molecule has 0 saturated heterocycles. The van der Waals surface area contributed by atoms with Crippen LogP contribution in [0.4, 0.5) is 0 Å². The summed E-state index contributed by atoms with van der Waals surface area (Å²) >= 11 is 0. The summed E-state index contributed by atoms with van der Waals surface area (Å²) in [4.78, 5) is 37.5. The van der Waals surface area contributed by atoms with Crippen molar-refractivity contribution in [2.45, 2.75) is 278 Å². The van der Waals surface area contributed by atoms with E-state index in [1.807, 2.05) is 0 Å². The van der Waals surface area contributed by atoms with E-state index in [-0.39, 0.29) is 31.1 Å². The summed E-state index contributed by atoms with van der Waals surface area (Å²) in [7, 11) is 0. The highest BCUT2D eigenvalue weighted by Gasteiger charge is 2.19. The zero-order valence-electron chi connectivity index (χ0n) is 37.4. The molecule has 0 amide bonds. The molecular formula is C49H94O6. The van der Waals surface area contributed by atoms with Gasteiger partial charge in [0.25, 0.3) is 0 Å². The van der Waals surface area contributed by atoms with Gasteiger partial charge in [-0.1, -0.05) is 233 Å². The molecule has 0 spiro atoms. The Bertz CT molecular complexity index is 826. The van der Waals surface area contributed by atoms with E-state index in [0.717, 1.165) is 70.1 Å². The summed E-state index contributed by atoms with van der Waals surface area (Å²) in [5.41, 5.74) is 0. The zero-order valence-corrected chi connectivity index (χ0v) is 37.4. The fourth-order valence-electron chi connectivity index (χ4n) is 7.33. The highest BCUT2D eigenvalue weighted by molar-refractivity contribution is 5.71. The molecule has 0 aromatic carbocycles. The third-order valence-electron chi connectivity index (χ3n) is 11.0. The molecule has 0 unspecified atom stereocenters. The normalized spacial score (nSPS) is 11.9. The van der Waals surface area contributed by atoms with E-state index in [9.17, 15) is 14.4 Å². The molecule has 326 valence electrons. The van der Waals surface area contributed by atoms with Gasteiger partial charge in [-0.2, -0.15) is 0 Å². The topological polar surface area (TPSA) is 78.9 Å². The number of hydrogen-bond donors (Lipinski definition) is 0. The third-order valence-corrected chi connectivity index (χ3v) is 11.0. The van der Waals surface area contributed by atoms with Gasteiger partial charge in [-0.25, -0.2) is 0 Å². The van der Waals surface area contributed by atoms with Crippen molar-refractivity contribution in [3.8, 4) is 0 Å². The largest absolute Gasteiger partial charge is 0.462 e. The summed E-state index contributed by atoms with van der Waals surface area (Å²) in [6.45, 7) is 8.95. The van der Waals surface area contributed by atoms with Gasteiger partial charge in [-0.3, -0.25) is 14.4 Å². The summed E-state index contributed by atoms with van der Waals surface area (Å²) < 4.78 is 16.6. The average molecular weight is 779 g/mol. The van der Waals surface area contributed by atoms with Crippen LogP contribution < -0.4 is 0 Å². The molecule has 1 atom stereocenters. The first-order valence-electron chi connectivity index (χ1n) is 24.4. The van der Waals surface area contributed by atoms with Gasteiger partial charge in [0.15, 0.2) is 6.10 Å². The number of rotatable bonds is 44. The number of carbonyl (C=O) groups is 3. The van der Waals surface area contributed by atoms with Crippen LogP contribution in [-0.4, -0.2) is 37.2 Å². The molecule has 0 aromatic rings. The fraction of sp³-hybridized carbons (Fsp3) is 0.939. The number of hydrogen-bond acceptors (Lipinski definition) is 6. The molecular weight excluding hydrogens is 685 g/mol. The van der Waals surface area contributed by atoms with Crippen LogP contribution in [0, 0.1) is 5.92 Å². The van der Waals surface area contributed by atoms with Crippen molar-refractivity contribution in [2.75, 3.05) is 13.2 Å². The lowest BCUT2D eigenvalue weighted by Gasteiger charge is -2.18. The Hall–Kier alpha value is -1.59. The van der Waals surface area contributed by atoms with E-state index < -0.39 is 6.10 Å². The Balaban J connectivity index is 4.04. The van der Waals surface area contributed by atoms with Gasteiger partial charge >= 0.3 is 17.9 Å². The zero-order chi connectivity index (χ0) is 40.3. The van der Waals surface area contributed by atoms with Gasteiger partial charge in [0.2, 0.25) is 0 Å². The van der Waals surface area contributed by atoms with E-state index in [1.165, 1.54) is 161 Å². The van der Waals surface area contributed by atoms with E-state index in [0.29, 0.717) is 19.3 Å². The van der Waals surface area contributed by atoms with Gasteiger partial charge in [-0.05, 0) is 25.2 Å². The lowest BCUT2D eigenvalue weighted by Crippen LogP contribution is -2.30. The van der Waals surface area contributed by atoms with E-state index in [1.54, 1.807) is 0 Å². The molecule has 0 aliphatic rings. The van der Waals surface area contributed by atoms with E-state index in [4.69, 9.17) is 14.2 Å². The minimum atomic E-state index is -0.757. The average Bonchev–Trinajstić information content (AvgIpc) is 3.17. The molecule has 0 N–H and O–H groups in total. The number of ether oxygens (including phenoxy) is 3. The van der Waals surface area contributed by atoms with Crippen LogP contribution in [0.3, 0.4) is 0 Å². The molecule has 6 heteroatoms. The van der Waals surface area contributed by atoms with Gasteiger partial charge in [0, 0.05) is 19.3 Å². The lowest BCUT2D eigenvalue weighted by atomic mass is 10.0. The Labute approximate surface area is 342 Å². The van der Waals surface area contributed by atoms with Crippen molar-refractivity contribution >= 4 is 17.9 Å². The Morgan fingerprint density at radius 3 is 0.891 bits per heavy atom. The minimum Gasteiger partial charge on any atom is -0.462 e. The number of unbranched alkanes of at least 4 members (excludes halogenated alkanes) is 31. The molecule has 0 radical (unpaired) electrons. The molecule has 0 fully saturated rings. The van der Waals surface area contributed by atoms with Crippen molar-refractivity contribution in [2.24, 2.45) is 5.92 Å². The fourth-order valence-corrected chi connectivity index (χ4v) is 7.33. The van der Waals surface area contributed by atoms with E-state index >= 15 is 0 Å². The van der Waals surface area contributed by atoms with E-state index in [2.05, 4.69) is 27.7 Å². The maximum atomic E-state index is 12.6. The molecule has 0 aliphatic carbocycles. The van der Waals surface area contributed by atoms with Gasteiger partial charge in [0.05, 0.1) is 0 Å². The van der Waals surface area contributed by atoms with Gasteiger partial charge < -0.3 is 14.2 Å². The molecule has 0 aliphatic heterocycles. The standard InChI is InChI=1S/C49H94O6/c1-5-7-9-11-12-13-22-27-30-34-38-42-49(52)55-46(43-53-47(50)40-36-31-10-8-6-2)44-54-48(51)41-37-33-29-26-24-21-19-17-15-14-16-18-20-23-25-28-32-35-39-45(3)4/h45-46H,5-44H2,1-4H3/t46-/m1/s1. The predicted molar refractivity (Wildman–Crippen MR) is 233 cm³/mol. The van der Waals surface area contributed by atoms with Gasteiger partial charge in [0.1, 0.15) is 13.2 Å². The second-order valence-electron chi connectivity index (χ2n) is 17.2. The number of carbonyl (C=O) groups excluding carboxylic acids is 3. The second kappa shape index (κ2) is 43.5. The summed E-state index contributed by atoms with van der Waals surface area (Å²) in [5.74, 6) is -0.00579. The second-order valence-corrected chi connectivity index (χ2v) is 17.2. The van der Waals surface area contributed by atoms with Crippen LogP contribution >= 0.6 is 0 Å². The van der Waals surface area contributed by atoms with Crippen molar-refractivity contribution < 1.29 is 28.6 Å². The van der Waals surface area contributed by atoms with Crippen LogP contribution in [0.2, 0.25) is 0 Å². The monoisotopic (exact) mass is 779 g/mol. The van der Waals surface area contributed by atoms with Crippen LogP contribution in [0.15, 0.2) is 0 Å². The number of esters is 3. The molecule has 0 aromatic heterocycles. The molecule has 6 nitrogen and oxygen atoms in total. The maximum Gasteiger partial charge on any atom is 0.306 e. The first-order chi connectivity index (χ1) is 26.9. The van der Waals surface area contributed by atoms with Crippen molar-refractivity contribution in [1.29, 1.82) is 0 Å². The molecule has 55 heavy (non-hydrogen) atoms. The van der Waals surface area contributed by atoms with Crippen molar-refractivity contribution in [3.05, 3.63) is 0 Å². The molecule has 0 saturated carbocycles. The SMILES string of the molecule is CCCCCCCCCCCCCC(=O)O[C@H](COC(=O)CCCCCCC)COC(=O)CCCCCCCCCCCCCCCCCCCCC(C)C. The minimum absolute atomic E-state index is 0.0642. The quantitative estimate of drug-likeness (QED) is 0.0348. The lowest BCUT2D eigenvalue weighted by molar-refractivity contribution is -0.167. The highest BCUT2D eigenvalue weighted by Crippen LogP contribution is 2.17. The van der Waals surface area contributed by atoms with Crippen LogP contribution in [-0.2, 0) is 28.6 Å². The Morgan fingerprint density at radius 1 is 0.345 bits per heavy atom. The first-order valence-corrected chi connectivity index (χ1v) is 24.4. The van der Waals surface area contributed by atoms with Crippen molar-refractivity contribution in [1.82, 2.24) is 0 Å².